The van der Waals surface area contributed by atoms with Gasteiger partial charge in [-0.3, -0.25) is 0 Å². The van der Waals surface area contributed by atoms with Gasteiger partial charge < -0.3 is 10.6 Å². The predicted octanol–water partition coefficient (Wildman–Crippen LogP) is 1.40. The molecule has 0 aliphatic carbocycles. The Morgan fingerprint density at radius 1 is 1.47 bits per heavy atom. The van der Waals surface area contributed by atoms with E-state index in [1.165, 1.54) is 0 Å². The maximum Gasteiger partial charge on any atom is 0.319 e. The molecule has 0 unspecified atom stereocenters. The van der Waals surface area contributed by atoms with Crippen LogP contribution in [0.3, 0.4) is 0 Å². The van der Waals surface area contributed by atoms with Gasteiger partial charge in [-0.2, -0.15) is 8.78 Å². The first-order valence-corrected chi connectivity index (χ1v) is 4.68. The largest absolute Gasteiger partial charge is 0.319 e. The maximum absolute atomic E-state index is 12.5. The first-order valence-electron chi connectivity index (χ1n) is 4.68. The zero-order valence-electron chi connectivity index (χ0n) is 8.42. The van der Waals surface area contributed by atoms with Crippen LogP contribution in [0.5, 0.6) is 0 Å². The Morgan fingerprint density at radius 2 is 2.07 bits per heavy atom. The molecule has 1 saturated heterocycles. The summed E-state index contributed by atoms with van der Waals surface area (Å²) >= 11 is 0. The van der Waals surface area contributed by atoms with Crippen molar-refractivity contribution in [3.63, 3.8) is 0 Å². The fraction of sp³-hybridized carbons (Fsp3) is 0.778. The van der Waals surface area contributed by atoms with E-state index in [0.29, 0.717) is 0 Å². The number of rotatable bonds is 5. The molecule has 2 nitrogen and oxygen atoms in total. The monoisotopic (exact) mass is 226 g/mol. The molecule has 0 bridgehead atoms. The molecule has 1 fully saturated rings. The van der Waals surface area contributed by atoms with Gasteiger partial charge in [-0.05, 0) is 12.5 Å². The number of halogens is 4. The smallest absolute Gasteiger partial charge is 0.309 e. The van der Waals surface area contributed by atoms with Gasteiger partial charge in [-0.1, -0.05) is 5.57 Å². The molecule has 0 spiro atoms. The van der Waals surface area contributed by atoms with E-state index in [1.807, 2.05) is 6.92 Å². The molecule has 0 aromatic rings. The zero-order chi connectivity index (χ0) is 11.5. The van der Waals surface area contributed by atoms with Crippen molar-refractivity contribution in [2.24, 2.45) is 0 Å². The highest BCUT2D eigenvalue weighted by Gasteiger charge is 2.39. The van der Waals surface area contributed by atoms with E-state index in [9.17, 15) is 17.6 Å². The molecule has 0 aromatic carbocycles. The molecule has 2 N–H and O–H groups in total. The summed E-state index contributed by atoms with van der Waals surface area (Å²) in [4.78, 5) is 0. The fourth-order valence-electron chi connectivity index (χ4n) is 1.17. The van der Waals surface area contributed by atoms with Crippen LogP contribution in [0.4, 0.5) is 17.6 Å². The van der Waals surface area contributed by atoms with Crippen LogP contribution in [0.1, 0.15) is 6.92 Å². The Balaban J connectivity index is 2.27. The summed E-state index contributed by atoms with van der Waals surface area (Å²) in [6.07, 6.45) is -3.61. The molecule has 1 aliphatic rings. The maximum atomic E-state index is 12.5. The Morgan fingerprint density at radius 3 is 2.47 bits per heavy atom. The first-order chi connectivity index (χ1) is 6.93. The molecule has 0 radical (unpaired) electrons. The van der Waals surface area contributed by atoms with Crippen molar-refractivity contribution < 1.29 is 17.6 Å². The van der Waals surface area contributed by atoms with Gasteiger partial charge in [0, 0.05) is 19.6 Å². The summed E-state index contributed by atoms with van der Waals surface area (Å²) in [5, 5.41) is 5.35. The molecule has 0 saturated carbocycles. The third kappa shape index (κ3) is 3.46. The molecular formula is C9H14F4N2. The number of hydrogen-bond donors (Lipinski definition) is 2. The second-order valence-electron chi connectivity index (χ2n) is 3.65. The molecule has 0 aromatic heterocycles. The van der Waals surface area contributed by atoms with E-state index in [-0.39, 0.29) is 6.54 Å². The summed E-state index contributed by atoms with van der Waals surface area (Å²) in [5.74, 6) is -3.94. The van der Waals surface area contributed by atoms with Crippen LogP contribution in [0.15, 0.2) is 11.1 Å². The molecular weight excluding hydrogens is 212 g/mol. The van der Waals surface area contributed by atoms with Crippen molar-refractivity contribution in [1.29, 1.82) is 0 Å². The Labute approximate surface area is 85.7 Å². The van der Waals surface area contributed by atoms with Crippen LogP contribution >= 0.6 is 0 Å². The topological polar surface area (TPSA) is 24.1 Å². The molecule has 0 atom stereocenters. The van der Waals surface area contributed by atoms with Gasteiger partial charge in [0.15, 0.2) is 0 Å². The number of hydrogen-bond acceptors (Lipinski definition) is 2. The summed E-state index contributed by atoms with van der Waals surface area (Å²) in [7, 11) is 0. The molecule has 1 aliphatic heterocycles. The average Bonchev–Trinajstić information content (AvgIpc) is 1.99. The lowest BCUT2D eigenvalue weighted by molar-refractivity contribution is -0.124. The molecule has 1 heterocycles. The van der Waals surface area contributed by atoms with E-state index >= 15 is 0 Å². The van der Waals surface area contributed by atoms with Gasteiger partial charge in [-0.15, -0.1) is 0 Å². The Bertz CT molecular complexity index is 244. The van der Waals surface area contributed by atoms with Crippen LogP contribution in [0.2, 0.25) is 0 Å². The molecule has 88 valence electrons. The standard InChI is InChI=1S/C9H14F4N2/c1-6(7-3-14-4-7)2-15-5-9(12,13)8(10)11/h8,14-15H,2-5H2,1H3. The third-order valence-electron chi connectivity index (χ3n) is 2.35. The highest BCUT2D eigenvalue weighted by molar-refractivity contribution is 5.22. The summed E-state index contributed by atoms with van der Waals surface area (Å²) in [6, 6.07) is 0. The number of nitrogens with one attached hydrogen (secondary N) is 2. The second kappa shape index (κ2) is 4.94. The lowest BCUT2D eigenvalue weighted by Crippen LogP contribution is -2.40. The van der Waals surface area contributed by atoms with Crippen LogP contribution in [0, 0.1) is 0 Å². The molecule has 15 heavy (non-hydrogen) atoms. The normalized spacial score (nSPS) is 16.8. The summed E-state index contributed by atoms with van der Waals surface area (Å²) < 4.78 is 48.4. The van der Waals surface area contributed by atoms with Gasteiger partial charge in [0.1, 0.15) is 0 Å². The predicted molar refractivity (Wildman–Crippen MR) is 49.4 cm³/mol. The van der Waals surface area contributed by atoms with Crippen molar-refractivity contribution in [3.8, 4) is 0 Å². The van der Waals surface area contributed by atoms with Crippen LogP contribution in [0.25, 0.3) is 0 Å². The van der Waals surface area contributed by atoms with Crippen LogP contribution in [-0.4, -0.2) is 38.5 Å². The Kier molecular flexibility index (Phi) is 4.10. The van der Waals surface area contributed by atoms with E-state index < -0.39 is 18.9 Å². The Hall–Kier alpha value is -0.620. The lowest BCUT2D eigenvalue weighted by Gasteiger charge is -2.23. The third-order valence-corrected chi connectivity index (χ3v) is 2.35. The second-order valence-corrected chi connectivity index (χ2v) is 3.65. The summed E-state index contributed by atoms with van der Waals surface area (Å²) in [6.45, 7) is 2.59. The highest BCUT2D eigenvalue weighted by Crippen LogP contribution is 2.21. The van der Waals surface area contributed by atoms with Crippen molar-refractivity contribution in [1.82, 2.24) is 10.6 Å². The van der Waals surface area contributed by atoms with Gasteiger partial charge in [0.05, 0.1) is 6.54 Å². The quantitative estimate of drug-likeness (QED) is 0.547. The minimum Gasteiger partial charge on any atom is -0.309 e. The van der Waals surface area contributed by atoms with Crippen molar-refractivity contribution in [2.45, 2.75) is 19.3 Å². The zero-order valence-corrected chi connectivity index (χ0v) is 8.42. The molecule has 1 rings (SSSR count). The molecule has 0 amide bonds. The van der Waals surface area contributed by atoms with Gasteiger partial charge >= 0.3 is 12.3 Å². The first kappa shape index (κ1) is 12.4. The van der Waals surface area contributed by atoms with Crippen LogP contribution in [-0.2, 0) is 0 Å². The minimum atomic E-state index is -3.94. The lowest BCUT2D eigenvalue weighted by atomic mass is 10.0. The van der Waals surface area contributed by atoms with Gasteiger partial charge in [-0.25, -0.2) is 8.78 Å². The van der Waals surface area contributed by atoms with E-state index in [0.717, 1.165) is 24.2 Å². The van der Waals surface area contributed by atoms with E-state index in [4.69, 9.17) is 0 Å². The van der Waals surface area contributed by atoms with Crippen molar-refractivity contribution >= 4 is 0 Å². The van der Waals surface area contributed by atoms with Crippen molar-refractivity contribution in [2.75, 3.05) is 26.2 Å². The van der Waals surface area contributed by atoms with Gasteiger partial charge in [0.25, 0.3) is 0 Å². The van der Waals surface area contributed by atoms with E-state index in [2.05, 4.69) is 10.6 Å². The van der Waals surface area contributed by atoms with E-state index in [1.54, 1.807) is 0 Å². The summed E-state index contributed by atoms with van der Waals surface area (Å²) in [5.41, 5.74) is 2.10. The highest BCUT2D eigenvalue weighted by atomic mass is 19.3. The molecule has 6 heteroatoms. The SMILES string of the molecule is CC(CNCC(F)(F)C(F)F)=C1CNC1. The van der Waals surface area contributed by atoms with Crippen molar-refractivity contribution in [3.05, 3.63) is 11.1 Å². The van der Waals surface area contributed by atoms with Crippen LogP contribution < -0.4 is 10.6 Å². The van der Waals surface area contributed by atoms with Gasteiger partial charge in [0.2, 0.25) is 0 Å². The average molecular weight is 226 g/mol. The number of alkyl halides is 4. The minimum absolute atomic E-state index is 0.235. The fourth-order valence-corrected chi connectivity index (χ4v) is 1.17.